The van der Waals surface area contributed by atoms with Crippen LogP contribution in [0, 0.1) is 0 Å². The fourth-order valence-electron chi connectivity index (χ4n) is 2.30. The van der Waals surface area contributed by atoms with E-state index in [2.05, 4.69) is 10.0 Å². The minimum atomic E-state index is -1.05. The normalized spacial score (nSPS) is 23.6. The van der Waals surface area contributed by atoms with Crippen LogP contribution in [0.2, 0.25) is 0 Å². The fourth-order valence-corrected chi connectivity index (χ4v) is 2.30. The number of halogens is 1. The van der Waals surface area contributed by atoms with E-state index in [4.69, 9.17) is 5.53 Å². The first-order valence-corrected chi connectivity index (χ1v) is 6.18. The molecule has 1 aliphatic rings. The first-order valence-electron chi connectivity index (χ1n) is 6.18. The quantitative estimate of drug-likeness (QED) is 0.362. The zero-order chi connectivity index (χ0) is 13.7. The van der Waals surface area contributed by atoms with Crippen molar-refractivity contribution in [3.63, 3.8) is 0 Å². The molecule has 0 aromatic heterocycles. The molecule has 1 unspecified atom stereocenters. The van der Waals surface area contributed by atoms with Gasteiger partial charge in [0, 0.05) is 23.6 Å². The number of likely N-dealkylation sites (tertiary alicyclic amines) is 1. The van der Waals surface area contributed by atoms with Crippen molar-refractivity contribution >= 4 is 5.78 Å². The van der Waals surface area contributed by atoms with Crippen molar-refractivity contribution in [1.29, 1.82) is 0 Å². The Morgan fingerprint density at radius 2 is 2.16 bits per heavy atom. The monoisotopic (exact) mass is 262 g/mol. The molecule has 19 heavy (non-hydrogen) atoms. The fraction of sp³-hybridized carbons (Fsp3) is 0.462. The van der Waals surface area contributed by atoms with Crippen LogP contribution in [-0.4, -0.2) is 42.5 Å². The zero-order valence-electron chi connectivity index (χ0n) is 10.4. The van der Waals surface area contributed by atoms with Crippen LogP contribution in [-0.2, 0) is 0 Å². The summed E-state index contributed by atoms with van der Waals surface area (Å²) in [4.78, 5) is 16.4. The summed E-state index contributed by atoms with van der Waals surface area (Å²) < 4.78 is 13.5. The summed E-state index contributed by atoms with van der Waals surface area (Å²) in [6, 6.07) is 8.52. The van der Waals surface area contributed by atoms with Gasteiger partial charge in [0.15, 0.2) is 5.78 Å². The number of hydrogen-bond donors (Lipinski definition) is 0. The molecule has 100 valence electrons. The Balaban J connectivity index is 1.98. The molecule has 1 fully saturated rings. The molecule has 0 amide bonds. The van der Waals surface area contributed by atoms with Gasteiger partial charge in [0.05, 0.1) is 12.6 Å². The molecule has 1 aromatic rings. The van der Waals surface area contributed by atoms with E-state index in [1.807, 2.05) is 6.07 Å². The van der Waals surface area contributed by atoms with Crippen LogP contribution in [0.4, 0.5) is 4.39 Å². The van der Waals surface area contributed by atoms with Crippen molar-refractivity contribution in [1.82, 2.24) is 4.90 Å². The number of hydrogen-bond acceptors (Lipinski definition) is 3. The van der Waals surface area contributed by atoms with Crippen molar-refractivity contribution < 1.29 is 9.18 Å². The molecule has 1 saturated heterocycles. The Kier molecular flexibility index (Phi) is 4.49. The topological polar surface area (TPSA) is 69.1 Å². The highest BCUT2D eigenvalue weighted by atomic mass is 19.1. The van der Waals surface area contributed by atoms with Gasteiger partial charge in [-0.1, -0.05) is 35.4 Å². The van der Waals surface area contributed by atoms with Crippen molar-refractivity contribution in [2.24, 2.45) is 5.11 Å². The lowest BCUT2D eigenvalue weighted by Gasteiger charge is -2.32. The molecule has 1 aliphatic heterocycles. The van der Waals surface area contributed by atoms with Gasteiger partial charge >= 0.3 is 0 Å². The summed E-state index contributed by atoms with van der Waals surface area (Å²) in [5.74, 6) is -0.0469. The van der Waals surface area contributed by atoms with Crippen LogP contribution in [0.3, 0.4) is 0 Å². The summed E-state index contributed by atoms with van der Waals surface area (Å²) in [7, 11) is 0. The van der Waals surface area contributed by atoms with E-state index in [1.165, 1.54) is 0 Å². The van der Waals surface area contributed by atoms with Gasteiger partial charge in [-0.2, -0.15) is 0 Å². The van der Waals surface area contributed by atoms with Crippen LogP contribution >= 0.6 is 0 Å². The standard InChI is InChI=1S/C13H15FN4O/c14-11-6-12(16-17-15)8-18(7-11)9-13(19)10-4-2-1-3-5-10/h1-5,11-12H,6-9H2/t11-,12?/m1/s1. The number of carbonyl (C=O) groups excluding carboxylic acids is 1. The Hall–Kier alpha value is -1.91. The number of nitrogens with zero attached hydrogens (tertiary/aromatic N) is 4. The van der Waals surface area contributed by atoms with Crippen molar-refractivity contribution in [3.8, 4) is 0 Å². The van der Waals surface area contributed by atoms with Gasteiger partial charge in [0.2, 0.25) is 0 Å². The molecule has 2 atom stereocenters. The maximum absolute atomic E-state index is 13.5. The van der Waals surface area contributed by atoms with E-state index < -0.39 is 12.2 Å². The highest BCUT2D eigenvalue weighted by molar-refractivity contribution is 5.97. The summed E-state index contributed by atoms with van der Waals surface area (Å²) in [5.41, 5.74) is 9.02. The third kappa shape index (κ3) is 3.77. The number of alkyl halides is 1. The summed E-state index contributed by atoms with van der Waals surface area (Å²) in [6.45, 7) is 0.807. The van der Waals surface area contributed by atoms with E-state index in [9.17, 15) is 9.18 Å². The SMILES string of the molecule is [N-]=[N+]=NC1C[C@@H](F)CN(CC(=O)c2ccccc2)C1. The number of Topliss-reactive ketones (excluding diaryl/α,β-unsaturated/α-hetero) is 1. The van der Waals surface area contributed by atoms with Crippen molar-refractivity contribution in [2.75, 3.05) is 19.6 Å². The highest BCUT2D eigenvalue weighted by Gasteiger charge is 2.27. The van der Waals surface area contributed by atoms with E-state index in [0.717, 1.165) is 0 Å². The summed E-state index contributed by atoms with van der Waals surface area (Å²) >= 11 is 0. The number of ketones is 1. The molecule has 0 N–H and O–H groups in total. The average Bonchev–Trinajstić information content (AvgIpc) is 2.39. The second-order valence-corrected chi connectivity index (χ2v) is 4.68. The average molecular weight is 262 g/mol. The van der Waals surface area contributed by atoms with Crippen LogP contribution in [0.25, 0.3) is 10.4 Å². The molecular formula is C13H15FN4O. The predicted octanol–water partition coefficient (Wildman–Crippen LogP) is 2.59. The Morgan fingerprint density at radius 1 is 1.42 bits per heavy atom. The molecule has 0 radical (unpaired) electrons. The highest BCUT2D eigenvalue weighted by Crippen LogP contribution is 2.17. The van der Waals surface area contributed by atoms with Crippen LogP contribution in [0.5, 0.6) is 0 Å². The summed E-state index contributed by atoms with van der Waals surface area (Å²) in [5, 5.41) is 3.55. The molecule has 2 rings (SSSR count). The molecule has 0 aliphatic carbocycles. The van der Waals surface area contributed by atoms with Gasteiger partial charge in [0.1, 0.15) is 6.17 Å². The zero-order valence-corrected chi connectivity index (χ0v) is 10.4. The number of piperidine rings is 1. The maximum Gasteiger partial charge on any atom is 0.176 e. The lowest BCUT2D eigenvalue weighted by Crippen LogP contribution is -2.45. The third-order valence-corrected chi connectivity index (χ3v) is 3.13. The predicted molar refractivity (Wildman–Crippen MR) is 69.7 cm³/mol. The molecule has 0 spiro atoms. The molecule has 0 bridgehead atoms. The van der Waals surface area contributed by atoms with Gasteiger partial charge in [-0.25, -0.2) is 4.39 Å². The largest absolute Gasteiger partial charge is 0.293 e. The number of carbonyl (C=O) groups is 1. The first-order chi connectivity index (χ1) is 9.19. The summed E-state index contributed by atoms with van der Waals surface area (Å²) in [6.07, 6.45) is -0.812. The molecule has 5 nitrogen and oxygen atoms in total. The number of rotatable bonds is 4. The first kappa shape index (κ1) is 13.5. The Bertz CT molecular complexity index is 487. The van der Waals surface area contributed by atoms with Gasteiger partial charge in [-0.05, 0) is 12.0 Å². The molecular weight excluding hydrogens is 247 g/mol. The minimum Gasteiger partial charge on any atom is -0.293 e. The molecule has 1 heterocycles. The van der Waals surface area contributed by atoms with E-state index >= 15 is 0 Å². The van der Waals surface area contributed by atoms with Gasteiger partial charge in [0.25, 0.3) is 0 Å². The van der Waals surface area contributed by atoms with Gasteiger partial charge in [-0.3, -0.25) is 9.69 Å². The number of benzene rings is 1. The molecule has 1 aromatic carbocycles. The lowest BCUT2D eigenvalue weighted by atomic mass is 10.0. The minimum absolute atomic E-state index is 0.0469. The van der Waals surface area contributed by atoms with Gasteiger partial charge < -0.3 is 0 Å². The Morgan fingerprint density at radius 3 is 2.84 bits per heavy atom. The van der Waals surface area contributed by atoms with Crippen LogP contribution < -0.4 is 0 Å². The van der Waals surface area contributed by atoms with Crippen LogP contribution in [0.15, 0.2) is 35.4 Å². The van der Waals surface area contributed by atoms with E-state index in [-0.39, 0.29) is 25.3 Å². The lowest BCUT2D eigenvalue weighted by molar-refractivity contribution is 0.0832. The second kappa shape index (κ2) is 6.31. The van der Waals surface area contributed by atoms with Gasteiger partial charge in [-0.15, -0.1) is 0 Å². The van der Waals surface area contributed by atoms with Crippen LogP contribution in [0.1, 0.15) is 16.8 Å². The maximum atomic E-state index is 13.5. The smallest absolute Gasteiger partial charge is 0.176 e. The number of azide groups is 1. The van der Waals surface area contributed by atoms with Crippen molar-refractivity contribution in [3.05, 3.63) is 46.3 Å². The van der Waals surface area contributed by atoms with E-state index in [0.29, 0.717) is 12.1 Å². The third-order valence-electron chi connectivity index (χ3n) is 3.13. The second-order valence-electron chi connectivity index (χ2n) is 4.68. The molecule has 0 saturated carbocycles. The Labute approximate surface area is 110 Å². The van der Waals surface area contributed by atoms with E-state index in [1.54, 1.807) is 29.2 Å². The van der Waals surface area contributed by atoms with Crippen molar-refractivity contribution in [2.45, 2.75) is 18.6 Å². The molecule has 6 heteroatoms.